The zero-order valence-corrected chi connectivity index (χ0v) is 17.3. The van der Waals surface area contributed by atoms with Crippen LogP contribution in [0.4, 0.5) is 0 Å². The Hall–Kier alpha value is -2.36. The van der Waals surface area contributed by atoms with Crippen LogP contribution in [0.25, 0.3) is 54.1 Å². The van der Waals surface area contributed by atoms with Gasteiger partial charge < -0.3 is 4.42 Å². The quantitative estimate of drug-likeness (QED) is 0.200. The van der Waals surface area contributed by atoms with Crippen molar-refractivity contribution in [3.8, 4) is 0 Å². The molecule has 128 valence electrons. The van der Waals surface area contributed by atoms with E-state index in [9.17, 15) is 0 Å². The van der Waals surface area contributed by atoms with E-state index in [4.69, 9.17) is 4.42 Å². The Morgan fingerprint density at radius 2 is 1.04 bits per heavy atom. The molecule has 0 N–H and O–H groups in total. The van der Waals surface area contributed by atoms with E-state index in [0.717, 1.165) is 25.3 Å². The van der Waals surface area contributed by atoms with Crippen molar-refractivity contribution in [2.45, 2.75) is 0 Å². The minimum atomic E-state index is 0.936. The minimum Gasteiger partial charge on any atom is -0.464 e. The molecule has 0 saturated carbocycles. The van der Waals surface area contributed by atoms with Gasteiger partial charge in [0.25, 0.3) is 0 Å². The smallest absolute Gasteiger partial charge is 0.142 e. The highest BCUT2D eigenvalue weighted by molar-refractivity contribution is 9.11. The van der Waals surface area contributed by atoms with E-state index in [1.54, 1.807) is 6.26 Å². The Kier molecular flexibility index (Phi) is 3.23. The van der Waals surface area contributed by atoms with E-state index in [1.807, 2.05) is 0 Å². The van der Waals surface area contributed by atoms with Crippen LogP contribution in [0.3, 0.4) is 0 Å². The van der Waals surface area contributed by atoms with Crippen LogP contribution >= 0.6 is 31.9 Å². The lowest BCUT2D eigenvalue weighted by Crippen LogP contribution is -1.87. The van der Waals surface area contributed by atoms with Crippen LogP contribution in [0, 0.1) is 0 Å². The topological polar surface area (TPSA) is 13.1 Å². The van der Waals surface area contributed by atoms with Crippen molar-refractivity contribution in [2.24, 2.45) is 0 Å². The number of furan rings is 1. The maximum Gasteiger partial charge on any atom is 0.142 e. The predicted molar refractivity (Wildman–Crippen MR) is 122 cm³/mol. The van der Waals surface area contributed by atoms with Gasteiger partial charge in [0.2, 0.25) is 0 Å². The Morgan fingerprint density at radius 1 is 0.519 bits per heavy atom. The Morgan fingerprint density at radius 3 is 1.67 bits per heavy atom. The van der Waals surface area contributed by atoms with Gasteiger partial charge in [-0.25, -0.2) is 0 Å². The molecule has 0 saturated heterocycles. The lowest BCUT2D eigenvalue weighted by atomic mass is 9.91. The first-order valence-corrected chi connectivity index (χ1v) is 10.3. The van der Waals surface area contributed by atoms with E-state index < -0.39 is 0 Å². The summed E-state index contributed by atoms with van der Waals surface area (Å²) in [4.78, 5) is 0. The van der Waals surface area contributed by atoms with Gasteiger partial charge in [0, 0.05) is 25.1 Å². The van der Waals surface area contributed by atoms with Gasteiger partial charge in [-0.15, -0.1) is 0 Å². The third kappa shape index (κ3) is 2.04. The molecule has 0 spiro atoms. The molecule has 0 amide bonds. The summed E-state index contributed by atoms with van der Waals surface area (Å²) in [7, 11) is 0. The van der Waals surface area contributed by atoms with E-state index in [2.05, 4.69) is 98.6 Å². The fourth-order valence-corrected chi connectivity index (χ4v) is 5.47. The number of hydrogen-bond acceptors (Lipinski definition) is 1. The number of benzene rings is 5. The van der Waals surface area contributed by atoms with Crippen molar-refractivity contribution in [2.75, 3.05) is 0 Å². The number of halogens is 2. The monoisotopic (exact) mass is 474 g/mol. The summed E-state index contributed by atoms with van der Waals surface area (Å²) in [5.74, 6) is 0. The van der Waals surface area contributed by atoms with Crippen molar-refractivity contribution in [1.82, 2.24) is 0 Å². The summed E-state index contributed by atoms with van der Waals surface area (Å²) in [6.45, 7) is 0. The molecule has 0 fully saturated rings. The summed E-state index contributed by atoms with van der Waals surface area (Å²) >= 11 is 7.55. The lowest BCUT2D eigenvalue weighted by molar-refractivity contribution is 0.619. The molecule has 0 bridgehead atoms. The molecular formula is C24H12Br2O. The number of hydrogen-bond donors (Lipinski definition) is 0. The van der Waals surface area contributed by atoms with E-state index >= 15 is 0 Å². The maximum atomic E-state index is 5.96. The van der Waals surface area contributed by atoms with Gasteiger partial charge >= 0.3 is 0 Å². The molecule has 0 radical (unpaired) electrons. The van der Waals surface area contributed by atoms with Crippen LogP contribution in [-0.2, 0) is 0 Å². The molecule has 6 rings (SSSR count). The van der Waals surface area contributed by atoms with Gasteiger partial charge in [-0.1, -0.05) is 80.4 Å². The van der Waals surface area contributed by atoms with Crippen molar-refractivity contribution in [3.63, 3.8) is 0 Å². The molecule has 0 aliphatic heterocycles. The summed E-state index contributed by atoms with van der Waals surface area (Å²) in [5.41, 5.74) is 0.936. The van der Waals surface area contributed by atoms with Crippen molar-refractivity contribution < 1.29 is 4.42 Å². The maximum absolute atomic E-state index is 5.96. The second-order valence-electron chi connectivity index (χ2n) is 6.82. The Balaban J connectivity index is 2.10. The van der Waals surface area contributed by atoms with Crippen LogP contribution < -0.4 is 0 Å². The SMILES string of the molecule is Brc1cc2c3ccoc3c3cc(Br)c4ccccc4c3c2c2ccccc12. The highest BCUT2D eigenvalue weighted by Crippen LogP contribution is 2.45. The molecule has 1 heterocycles. The van der Waals surface area contributed by atoms with Gasteiger partial charge in [-0.2, -0.15) is 0 Å². The van der Waals surface area contributed by atoms with Crippen LogP contribution in [-0.4, -0.2) is 0 Å². The molecule has 0 atom stereocenters. The molecule has 0 aliphatic rings. The molecule has 3 heteroatoms. The molecule has 6 aromatic rings. The minimum absolute atomic E-state index is 0.936. The van der Waals surface area contributed by atoms with Crippen molar-refractivity contribution in [1.29, 1.82) is 0 Å². The van der Waals surface area contributed by atoms with Crippen molar-refractivity contribution >= 4 is 85.9 Å². The van der Waals surface area contributed by atoms with E-state index in [0.29, 0.717) is 0 Å². The number of fused-ring (bicyclic) bond motifs is 10. The van der Waals surface area contributed by atoms with Crippen LogP contribution in [0.15, 0.2) is 86.4 Å². The zero-order chi connectivity index (χ0) is 18.1. The molecule has 1 nitrogen and oxygen atoms in total. The molecule has 0 unspecified atom stereocenters. The first-order valence-electron chi connectivity index (χ1n) is 8.75. The summed E-state index contributed by atoms with van der Waals surface area (Å²) in [5, 5.41) is 10.9. The molecule has 27 heavy (non-hydrogen) atoms. The zero-order valence-electron chi connectivity index (χ0n) is 14.1. The normalized spacial score (nSPS) is 12.1. The van der Waals surface area contributed by atoms with Crippen molar-refractivity contribution in [3.05, 3.63) is 81.9 Å². The van der Waals surface area contributed by atoms with Crippen LogP contribution in [0.2, 0.25) is 0 Å². The number of rotatable bonds is 0. The fraction of sp³-hybridized carbons (Fsp3) is 0. The third-order valence-electron chi connectivity index (χ3n) is 5.44. The molecular weight excluding hydrogens is 464 g/mol. The Bertz CT molecular complexity index is 1430. The van der Waals surface area contributed by atoms with E-state index in [1.165, 1.54) is 37.7 Å². The summed E-state index contributed by atoms with van der Waals surface area (Å²) < 4.78 is 8.15. The molecule has 5 aromatic carbocycles. The second kappa shape index (κ2) is 5.57. The average molecular weight is 476 g/mol. The summed E-state index contributed by atoms with van der Waals surface area (Å²) in [6, 6.07) is 23.6. The summed E-state index contributed by atoms with van der Waals surface area (Å²) in [6.07, 6.45) is 1.79. The molecule has 1 aromatic heterocycles. The van der Waals surface area contributed by atoms with Crippen LogP contribution in [0.1, 0.15) is 0 Å². The van der Waals surface area contributed by atoms with Gasteiger partial charge in [0.05, 0.1) is 6.26 Å². The standard InChI is InChI=1S/C24H12Br2O/c25-20-11-18-17-9-10-27-24(17)19-12-21(26)14-6-2-4-8-16(14)23(19)22(18)15-7-3-1-5-13(15)20/h1-12H. The average Bonchev–Trinajstić information content (AvgIpc) is 3.19. The first kappa shape index (κ1) is 15.7. The van der Waals surface area contributed by atoms with E-state index in [-0.39, 0.29) is 0 Å². The van der Waals surface area contributed by atoms with Gasteiger partial charge in [-0.05, 0) is 50.5 Å². The highest BCUT2D eigenvalue weighted by atomic mass is 79.9. The van der Waals surface area contributed by atoms with Gasteiger partial charge in [0.1, 0.15) is 5.58 Å². The second-order valence-corrected chi connectivity index (χ2v) is 8.53. The Labute approximate surface area is 171 Å². The van der Waals surface area contributed by atoms with Gasteiger partial charge in [0.15, 0.2) is 0 Å². The largest absolute Gasteiger partial charge is 0.464 e. The molecule has 0 aliphatic carbocycles. The fourth-order valence-electron chi connectivity index (χ4n) is 4.32. The first-order chi connectivity index (χ1) is 13.2. The van der Waals surface area contributed by atoms with Gasteiger partial charge in [-0.3, -0.25) is 0 Å². The third-order valence-corrected chi connectivity index (χ3v) is 6.75. The lowest BCUT2D eigenvalue weighted by Gasteiger charge is -2.14. The van der Waals surface area contributed by atoms with Crippen LogP contribution in [0.5, 0.6) is 0 Å². The highest BCUT2D eigenvalue weighted by Gasteiger charge is 2.18. The predicted octanol–water partition coefficient (Wildman–Crippen LogP) is 8.57.